The van der Waals surface area contributed by atoms with Crippen molar-refractivity contribution in [3.05, 3.63) is 17.5 Å². The molecule has 5 heteroatoms. The van der Waals surface area contributed by atoms with Crippen molar-refractivity contribution in [1.29, 1.82) is 0 Å². The summed E-state index contributed by atoms with van der Waals surface area (Å²) in [5.41, 5.74) is 7.28. The van der Waals surface area contributed by atoms with Crippen LogP contribution in [0.2, 0.25) is 0 Å². The van der Waals surface area contributed by atoms with Crippen molar-refractivity contribution >= 4 is 5.97 Å². The van der Waals surface area contributed by atoms with Crippen LogP contribution in [0.5, 0.6) is 0 Å². The number of aromatic nitrogens is 2. The lowest BCUT2D eigenvalue weighted by atomic mass is 10.1. The first-order chi connectivity index (χ1) is 7.06. The molecule has 0 atom stereocenters. The molecule has 0 saturated heterocycles. The molecule has 1 fully saturated rings. The standard InChI is InChI=1S/C10H15N3O2/c1-13-8(5-10(11)3-4-10)7(6-12-13)9(14)15-2/h6H,3-5,11H2,1-2H3. The minimum atomic E-state index is -0.345. The Hall–Kier alpha value is -1.36. The van der Waals surface area contributed by atoms with E-state index in [-0.39, 0.29) is 11.5 Å². The van der Waals surface area contributed by atoms with E-state index in [1.54, 1.807) is 4.68 Å². The molecule has 0 spiro atoms. The van der Waals surface area contributed by atoms with Gasteiger partial charge in [-0.2, -0.15) is 5.10 Å². The molecular formula is C10H15N3O2. The molecule has 1 heterocycles. The Labute approximate surface area is 88.2 Å². The Morgan fingerprint density at radius 1 is 1.73 bits per heavy atom. The summed E-state index contributed by atoms with van der Waals surface area (Å²) < 4.78 is 6.39. The zero-order valence-corrected chi connectivity index (χ0v) is 8.99. The molecule has 0 aromatic carbocycles. The second-order valence-corrected chi connectivity index (χ2v) is 4.16. The van der Waals surface area contributed by atoms with Crippen LogP contribution in [-0.2, 0) is 18.2 Å². The van der Waals surface area contributed by atoms with Gasteiger partial charge in [-0.25, -0.2) is 4.79 Å². The summed E-state index contributed by atoms with van der Waals surface area (Å²) in [4.78, 5) is 11.4. The smallest absolute Gasteiger partial charge is 0.341 e. The maximum absolute atomic E-state index is 11.4. The number of hydrogen-bond acceptors (Lipinski definition) is 4. The van der Waals surface area contributed by atoms with Crippen LogP contribution in [0.3, 0.4) is 0 Å². The summed E-state index contributed by atoms with van der Waals surface area (Å²) in [6.07, 6.45) is 4.25. The van der Waals surface area contributed by atoms with Crippen molar-refractivity contribution in [2.45, 2.75) is 24.8 Å². The lowest BCUT2D eigenvalue weighted by Crippen LogP contribution is -2.27. The first-order valence-electron chi connectivity index (χ1n) is 4.94. The van der Waals surface area contributed by atoms with Gasteiger partial charge < -0.3 is 10.5 Å². The van der Waals surface area contributed by atoms with Crippen molar-refractivity contribution < 1.29 is 9.53 Å². The van der Waals surface area contributed by atoms with Gasteiger partial charge in [0, 0.05) is 19.0 Å². The topological polar surface area (TPSA) is 70.1 Å². The molecule has 1 saturated carbocycles. The number of methoxy groups -OCH3 is 1. The zero-order valence-electron chi connectivity index (χ0n) is 8.99. The van der Waals surface area contributed by atoms with E-state index in [0.717, 1.165) is 18.5 Å². The Kier molecular flexibility index (Phi) is 2.26. The van der Waals surface area contributed by atoms with Crippen LogP contribution >= 0.6 is 0 Å². The van der Waals surface area contributed by atoms with Gasteiger partial charge in [0.05, 0.1) is 19.0 Å². The Balaban J connectivity index is 2.27. The number of aryl methyl sites for hydroxylation is 1. The molecule has 0 aliphatic heterocycles. The monoisotopic (exact) mass is 209 g/mol. The van der Waals surface area contributed by atoms with E-state index in [1.807, 2.05) is 7.05 Å². The van der Waals surface area contributed by atoms with Crippen molar-refractivity contribution in [3.8, 4) is 0 Å². The highest BCUT2D eigenvalue weighted by Crippen LogP contribution is 2.36. The van der Waals surface area contributed by atoms with Gasteiger partial charge in [-0.1, -0.05) is 0 Å². The van der Waals surface area contributed by atoms with Gasteiger partial charge in [-0.3, -0.25) is 4.68 Å². The molecule has 2 rings (SSSR count). The van der Waals surface area contributed by atoms with Crippen LogP contribution in [-0.4, -0.2) is 28.4 Å². The molecule has 0 bridgehead atoms. The fraction of sp³-hybridized carbons (Fsp3) is 0.600. The average Bonchev–Trinajstić information content (AvgIpc) is 2.83. The molecule has 0 radical (unpaired) electrons. The summed E-state index contributed by atoms with van der Waals surface area (Å²) in [6, 6.07) is 0. The number of rotatable bonds is 3. The van der Waals surface area contributed by atoms with Gasteiger partial charge >= 0.3 is 5.97 Å². The molecule has 0 unspecified atom stereocenters. The van der Waals surface area contributed by atoms with Gasteiger partial charge in [-0.15, -0.1) is 0 Å². The van der Waals surface area contributed by atoms with E-state index in [0.29, 0.717) is 12.0 Å². The molecular weight excluding hydrogens is 194 g/mol. The number of nitrogens with two attached hydrogens (primary N) is 1. The molecule has 82 valence electrons. The van der Waals surface area contributed by atoms with Gasteiger partial charge in [0.2, 0.25) is 0 Å². The Bertz CT molecular complexity index is 393. The van der Waals surface area contributed by atoms with E-state index >= 15 is 0 Å². The first-order valence-corrected chi connectivity index (χ1v) is 4.94. The number of hydrogen-bond donors (Lipinski definition) is 1. The third-order valence-corrected chi connectivity index (χ3v) is 2.88. The van der Waals surface area contributed by atoms with Crippen molar-refractivity contribution in [1.82, 2.24) is 9.78 Å². The van der Waals surface area contributed by atoms with Crippen LogP contribution in [0.1, 0.15) is 28.9 Å². The third kappa shape index (κ3) is 1.87. The van der Waals surface area contributed by atoms with Gasteiger partial charge in [0.25, 0.3) is 0 Å². The average molecular weight is 209 g/mol. The first kappa shape index (κ1) is 10.2. The fourth-order valence-corrected chi connectivity index (χ4v) is 1.62. The van der Waals surface area contributed by atoms with E-state index in [9.17, 15) is 4.79 Å². The van der Waals surface area contributed by atoms with Crippen LogP contribution in [0, 0.1) is 0 Å². The number of nitrogens with zero attached hydrogens (tertiary/aromatic N) is 2. The lowest BCUT2D eigenvalue weighted by Gasteiger charge is -2.10. The highest BCUT2D eigenvalue weighted by molar-refractivity contribution is 5.90. The second-order valence-electron chi connectivity index (χ2n) is 4.16. The number of ether oxygens (including phenoxy) is 1. The predicted octanol–water partition coefficient (Wildman–Crippen LogP) is 0.240. The van der Waals surface area contributed by atoms with Crippen LogP contribution in [0.25, 0.3) is 0 Å². The van der Waals surface area contributed by atoms with Crippen molar-refractivity contribution in [2.24, 2.45) is 12.8 Å². The van der Waals surface area contributed by atoms with Gasteiger partial charge in [0.15, 0.2) is 0 Å². The number of carbonyl (C=O) groups is 1. The summed E-state index contributed by atoms with van der Waals surface area (Å²) >= 11 is 0. The van der Waals surface area contributed by atoms with Crippen LogP contribution in [0.4, 0.5) is 0 Å². The summed E-state index contributed by atoms with van der Waals surface area (Å²) in [7, 11) is 3.18. The van der Waals surface area contributed by atoms with Crippen molar-refractivity contribution in [3.63, 3.8) is 0 Å². The quantitative estimate of drug-likeness (QED) is 0.724. The SMILES string of the molecule is COC(=O)c1cnn(C)c1CC1(N)CC1. The molecule has 15 heavy (non-hydrogen) atoms. The summed E-state index contributed by atoms with van der Waals surface area (Å²) in [5, 5.41) is 4.06. The van der Waals surface area contributed by atoms with Crippen LogP contribution < -0.4 is 5.73 Å². The molecule has 1 aromatic rings. The maximum Gasteiger partial charge on any atom is 0.341 e. The zero-order chi connectivity index (χ0) is 11.1. The van der Waals surface area contributed by atoms with Crippen molar-refractivity contribution in [2.75, 3.05) is 7.11 Å². The number of esters is 1. The largest absolute Gasteiger partial charge is 0.465 e. The molecule has 0 amide bonds. The molecule has 1 aliphatic rings. The summed E-state index contributed by atoms with van der Waals surface area (Å²) in [6.45, 7) is 0. The minimum Gasteiger partial charge on any atom is -0.465 e. The lowest BCUT2D eigenvalue weighted by molar-refractivity contribution is 0.0599. The third-order valence-electron chi connectivity index (χ3n) is 2.88. The summed E-state index contributed by atoms with van der Waals surface area (Å²) in [5.74, 6) is -0.345. The highest BCUT2D eigenvalue weighted by Gasteiger charge is 2.40. The molecule has 2 N–H and O–H groups in total. The highest BCUT2D eigenvalue weighted by atomic mass is 16.5. The second kappa shape index (κ2) is 3.34. The molecule has 5 nitrogen and oxygen atoms in total. The Morgan fingerprint density at radius 3 is 2.93 bits per heavy atom. The predicted molar refractivity (Wildman–Crippen MR) is 54.4 cm³/mol. The van der Waals surface area contributed by atoms with Gasteiger partial charge in [0.1, 0.15) is 5.56 Å². The van der Waals surface area contributed by atoms with E-state index in [4.69, 9.17) is 10.5 Å². The molecule has 1 aromatic heterocycles. The number of carbonyl (C=O) groups excluding carboxylic acids is 1. The maximum atomic E-state index is 11.4. The Morgan fingerprint density at radius 2 is 2.40 bits per heavy atom. The van der Waals surface area contributed by atoms with E-state index in [1.165, 1.54) is 13.3 Å². The fourth-order valence-electron chi connectivity index (χ4n) is 1.62. The minimum absolute atomic E-state index is 0.128. The normalized spacial score (nSPS) is 17.5. The van der Waals surface area contributed by atoms with E-state index in [2.05, 4.69) is 5.10 Å². The van der Waals surface area contributed by atoms with Crippen LogP contribution in [0.15, 0.2) is 6.20 Å². The molecule has 1 aliphatic carbocycles. The van der Waals surface area contributed by atoms with E-state index < -0.39 is 0 Å². The van der Waals surface area contributed by atoms with Gasteiger partial charge in [-0.05, 0) is 12.8 Å².